The lowest BCUT2D eigenvalue weighted by Gasteiger charge is -2.01. The first-order valence-corrected chi connectivity index (χ1v) is 7.00. The second-order valence-electron chi connectivity index (χ2n) is 5.18. The number of rotatable bonds is 4. The fraction of sp³-hybridized carbons (Fsp3) is 0.467. The smallest absolute Gasteiger partial charge is 0.257 e. The SMILES string of the molecule is NCCc1cccc(-c2nc(C3CCCC3)no2)c1. The van der Waals surface area contributed by atoms with Gasteiger partial charge < -0.3 is 10.3 Å². The minimum Gasteiger partial charge on any atom is -0.334 e. The average Bonchev–Trinajstić information content (AvgIpc) is 3.11. The number of hydrogen-bond donors (Lipinski definition) is 1. The molecule has 1 heterocycles. The lowest BCUT2D eigenvalue weighted by Crippen LogP contribution is -2.02. The van der Waals surface area contributed by atoms with Gasteiger partial charge in [0, 0.05) is 11.5 Å². The van der Waals surface area contributed by atoms with E-state index in [0.29, 0.717) is 18.4 Å². The highest BCUT2D eigenvalue weighted by molar-refractivity contribution is 5.54. The summed E-state index contributed by atoms with van der Waals surface area (Å²) >= 11 is 0. The first-order valence-electron chi connectivity index (χ1n) is 7.00. The zero-order valence-corrected chi connectivity index (χ0v) is 11.0. The van der Waals surface area contributed by atoms with E-state index in [1.54, 1.807) is 0 Å². The number of benzene rings is 1. The Kier molecular flexibility index (Phi) is 3.60. The van der Waals surface area contributed by atoms with Crippen LogP contribution in [0.15, 0.2) is 28.8 Å². The van der Waals surface area contributed by atoms with Gasteiger partial charge in [-0.05, 0) is 43.5 Å². The molecule has 0 aliphatic heterocycles. The van der Waals surface area contributed by atoms with Crippen molar-refractivity contribution in [3.05, 3.63) is 35.7 Å². The zero-order valence-electron chi connectivity index (χ0n) is 11.0. The fourth-order valence-corrected chi connectivity index (χ4v) is 2.73. The van der Waals surface area contributed by atoms with E-state index in [0.717, 1.165) is 17.8 Å². The Hall–Kier alpha value is -1.68. The Balaban J connectivity index is 1.83. The molecule has 19 heavy (non-hydrogen) atoms. The third kappa shape index (κ3) is 2.68. The minimum absolute atomic E-state index is 0.490. The summed E-state index contributed by atoms with van der Waals surface area (Å²) in [6.45, 7) is 0.653. The molecule has 0 atom stereocenters. The summed E-state index contributed by atoms with van der Waals surface area (Å²) in [7, 11) is 0. The molecule has 1 aliphatic rings. The van der Waals surface area contributed by atoms with Crippen LogP contribution in [0.3, 0.4) is 0 Å². The van der Waals surface area contributed by atoms with E-state index in [-0.39, 0.29) is 0 Å². The van der Waals surface area contributed by atoms with Crippen LogP contribution in [0.4, 0.5) is 0 Å². The van der Waals surface area contributed by atoms with E-state index < -0.39 is 0 Å². The minimum atomic E-state index is 0.490. The van der Waals surface area contributed by atoms with Gasteiger partial charge in [-0.1, -0.05) is 30.1 Å². The molecule has 3 rings (SSSR count). The highest BCUT2D eigenvalue weighted by atomic mass is 16.5. The van der Waals surface area contributed by atoms with Gasteiger partial charge in [0.15, 0.2) is 5.82 Å². The summed E-state index contributed by atoms with van der Waals surface area (Å²) in [6.07, 6.45) is 5.80. The van der Waals surface area contributed by atoms with E-state index in [4.69, 9.17) is 10.3 Å². The van der Waals surface area contributed by atoms with Crippen molar-refractivity contribution in [2.75, 3.05) is 6.54 Å². The third-order valence-electron chi connectivity index (χ3n) is 3.77. The number of nitrogens with zero attached hydrogens (tertiary/aromatic N) is 2. The topological polar surface area (TPSA) is 64.9 Å². The maximum atomic E-state index is 5.58. The van der Waals surface area contributed by atoms with Crippen molar-refractivity contribution in [3.63, 3.8) is 0 Å². The maximum absolute atomic E-state index is 5.58. The Morgan fingerprint density at radius 1 is 1.26 bits per heavy atom. The lowest BCUT2D eigenvalue weighted by molar-refractivity contribution is 0.415. The van der Waals surface area contributed by atoms with Gasteiger partial charge in [0.2, 0.25) is 0 Å². The quantitative estimate of drug-likeness (QED) is 0.914. The maximum Gasteiger partial charge on any atom is 0.257 e. The van der Waals surface area contributed by atoms with Gasteiger partial charge in [-0.15, -0.1) is 0 Å². The van der Waals surface area contributed by atoms with Crippen LogP contribution in [-0.2, 0) is 6.42 Å². The van der Waals surface area contributed by atoms with Crippen molar-refractivity contribution in [1.82, 2.24) is 10.1 Å². The number of nitrogens with two attached hydrogens (primary N) is 1. The Morgan fingerprint density at radius 2 is 2.11 bits per heavy atom. The van der Waals surface area contributed by atoms with E-state index in [1.165, 1.54) is 31.2 Å². The molecule has 0 bridgehead atoms. The molecule has 100 valence electrons. The van der Waals surface area contributed by atoms with Crippen LogP contribution in [0.2, 0.25) is 0 Å². The molecular formula is C15H19N3O. The van der Waals surface area contributed by atoms with Crippen LogP contribution in [0, 0.1) is 0 Å². The number of hydrogen-bond acceptors (Lipinski definition) is 4. The molecule has 0 saturated heterocycles. The van der Waals surface area contributed by atoms with Gasteiger partial charge in [-0.2, -0.15) is 4.98 Å². The Bertz CT molecular complexity index is 544. The van der Waals surface area contributed by atoms with Crippen LogP contribution in [0.25, 0.3) is 11.5 Å². The van der Waals surface area contributed by atoms with Gasteiger partial charge in [-0.3, -0.25) is 0 Å². The van der Waals surface area contributed by atoms with Gasteiger partial charge in [0.05, 0.1) is 0 Å². The number of aromatic nitrogens is 2. The third-order valence-corrected chi connectivity index (χ3v) is 3.77. The normalized spacial score (nSPS) is 16.1. The van der Waals surface area contributed by atoms with E-state index in [1.807, 2.05) is 12.1 Å². The van der Waals surface area contributed by atoms with Gasteiger partial charge in [-0.25, -0.2) is 0 Å². The molecule has 1 aromatic heterocycles. The first kappa shape index (κ1) is 12.4. The van der Waals surface area contributed by atoms with E-state index in [9.17, 15) is 0 Å². The molecule has 2 aromatic rings. The molecule has 1 fully saturated rings. The molecule has 0 spiro atoms. The largest absolute Gasteiger partial charge is 0.334 e. The summed E-state index contributed by atoms with van der Waals surface area (Å²) in [5.74, 6) is 1.99. The van der Waals surface area contributed by atoms with E-state index in [2.05, 4.69) is 22.3 Å². The second-order valence-corrected chi connectivity index (χ2v) is 5.18. The van der Waals surface area contributed by atoms with Crippen LogP contribution in [-0.4, -0.2) is 16.7 Å². The van der Waals surface area contributed by atoms with Crippen LogP contribution >= 0.6 is 0 Å². The lowest BCUT2D eigenvalue weighted by atomic mass is 10.1. The zero-order chi connectivity index (χ0) is 13.1. The molecule has 0 amide bonds. The van der Waals surface area contributed by atoms with Gasteiger partial charge >= 0.3 is 0 Å². The fourth-order valence-electron chi connectivity index (χ4n) is 2.73. The average molecular weight is 257 g/mol. The highest BCUT2D eigenvalue weighted by Crippen LogP contribution is 2.33. The molecule has 0 radical (unpaired) electrons. The van der Waals surface area contributed by atoms with Crippen molar-refractivity contribution < 1.29 is 4.52 Å². The van der Waals surface area contributed by atoms with Crippen molar-refractivity contribution in [3.8, 4) is 11.5 Å². The van der Waals surface area contributed by atoms with Crippen molar-refractivity contribution >= 4 is 0 Å². The molecule has 4 nitrogen and oxygen atoms in total. The standard InChI is InChI=1S/C15H19N3O/c16-9-8-11-4-3-7-13(10-11)15-17-14(18-19-15)12-5-1-2-6-12/h3-4,7,10,12H,1-2,5-6,8-9,16H2. The summed E-state index contributed by atoms with van der Waals surface area (Å²) in [5, 5.41) is 4.14. The van der Waals surface area contributed by atoms with Crippen molar-refractivity contribution in [1.29, 1.82) is 0 Å². The predicted octanol–water partition coefficient (Wildman–Crippen LogP) is 2.90. The molecule has 2 N–H and O–H groups in total. The molecule has 1 saturated carbocycles. The Morgan fingerprint density at radius 3 is 2.89 bits per heavy atom. The molecular weight excluding hydrogens is 238 g/mol. The summed E-state index contributed by atoms with van der Waals surface area (Å²) < 4.78 is 5.40. The molecule has 4 heteroatoms. The van der Waals surface area contributed by atoms with Crippen molar-refractivity contribution in [2.45, 2.75) is 38.0 Å². The summed E-state index contributed by atoms with van der Waals surface area (Å²) in [5.41, 5.74) is 7.78. The second kappa shape index (κ2) is 5.53. The first-order chi connectivity index (χ1) is 9.36. The summed E-state index contributed by atoms with van der Waals surface area (Å²) in [4.78, 5) is 4.55. The predicted molar refractivity (Wildman–Crippen MR) is 73.7 cm³/mol. The van der Waals surface area contributed by atoms with Crippen molar-refractivity contribution in [2.24, 2.45) is 5.73 Å². The van der Waals surface area contributed by atoms with Gasteiger partial charge in [0.25, 0.3) is 5.89 Å². The Labute approximate surface area is 113 Å². The molecule has 1 aromatic carbocycles. The van der Waals surface area contributed by atoms with Gasteiger partial charge in [0.1, 0.15) is 0 Å². The van der Waals surface area contributed by atoms with E-state index >= 15 is 0 Å². The molecule has 0 unspecified atom stereocenters. The highest BCUT2D eigenvalue weighted by Gasteiger charge is 2.22. The monoisotopic (exact) mass is 257 g/mol. The van der Waals surface area contributed by atoms with Crippen LogP contribution < -0.4 is 5.73 Å². The summed E-state index contributed by atoms with van der Waals surface area (Å²) in [6, 6.07) is 8.18. The van der Waals surface area contributed by atoms with Crippen LogP contribution in [0.5, 0.6) is 0 Å². The van der Waals surface area contributed by atoms with Crippen LogP contribution in [0.1, 0.15) is 43.0 Å². The molecule has 1 aliphatic carbocycles.